The molecular weight excluding hydrogens is 240 g/mol. The van der Waals surface area contributed by atoms with E-state index < -0.39 is 14.4 Å². The Morgan fingerprint density at radius 1 is 1.11 bits per heavy atom. The van der Waals surface area contributed by atoms with Crippen LogP contribution in [0.2, 0.25) is 18.1 Å². The summed E-state index contributed by atoms with van der Waals surface area (Å²) in [5.74, 6) is 5.90. The highest BCUT2D eigenvalue weighted by Gasteiger charge is 2.36. The van der Waals surface area contributed by atoms with Crippen molar-refractivity contribution < 1.29 is 9.53 Å². The zero-order chi connectivity index (χ0) is 14.6. The molecular formula is C15H30O2Si. The quantitative estimate of drug-likeness (QED) is 0.480. The molecule has 0 saturated carbocycles. The summed E-state index contributed by atoms with van der Waals surface area (Å²) in [6.45, 7) is 17.8. The Balaban J connectivity index is 4.14. The number of aliphatic hydroxyl groups excluding tert-OH is 1. The van der Waals surface area contributed by atoms with Crippen molar-refractivity contribution in [2.45, 2.75) is 72.2 Å². The summed E-state index contributed by atoms with van der Waals surface area (Å²) < 4.78 is 6.02. The molecule has 1 atom stereocenters. The summed E-state index contributed by atoms with van der Waals surface area (Å²) in [6, 6.07) is 0. The number of hydrogen-bond donors (Lipinski definition) is 1. The molecule has 0 aliphatic heterocycles. The van der Waals surface area contributed by atoms with Crippen LogP contribution in [0.15, 0.2) is 0 Å². The van der Waals surface area contributed by atoms with Crippen LogP contribution in [0.1, 0.15) is 48.0 Å². The Morgan fingerprint density at radius 3 is 2.00 bits per heavy atom. The van der Waals surface area contributed by atoms with E-state index in [4.69, 9.17) is 4.43 Å². The second kappa shape index (κ2) is 6.23. The maximum Gasteiger partial charge on any atom is 0.192 e. The fourth-order valence-corrected chi connectivity index (χ4v) is 2.00. The molecule has 0 aliphatic carbocycles. The van der Waals surface area contributed by atoms with Gasteiger partial charge in [-0.05, 0) is 23.5 Å². The fourth-order valence-electron chi connectivity index (χ4n) is 0.959. The van der Waals surface area contributed by atoms with Gasteiger partial charge in [0, 0.05) is 13.0 Å². The van der Waals surface area contributed by atoms with Gasteiger partial charge in [0.2, 0.25) is 0 Å². The van der Waals surface area contributed by atoms with E-state index in [1.54, 1.807) is 0 Å². The predicted molar refractivity (Wildman–Crippen MR) is 81.0 cm³/mol. The number of hydrogen-bond acceptors (Lipinski definition) is 2. The zero-order valence-electron chi connectivity index (χ0n) is 13.3. The van der Waals surface area contributed by atoms with Crippen molar-refractivity contribution in [3.63, 3.8) is 0 Å². The summed E-state index contributed by atoms with van der Waals surface area (Å²) in [5, 5.41) is 10.0. The zero-order valence-corrected chi connectivity index (χ0v) is 14.3. The molecule has 106 valence electrons. The van der Waals surface area contributed by atoms with Crippen molar-refractivity contribution in [1.82, 2.24) is 0 Å². The van der Waals surface area contributed by atoms with Crippen LogP contribution in [0.4, 0.5) is 0 Å². The predicted octanol–water partition coefficient (Wildman–Crippen LogP) is 3.81. The largest absolute Gasteiger partial charge is 0.416 e. The Kier molecular flexibility index (Phi) is 6.13. The van der Waals surface area contributed by atoms with E-state index in [0.29, 0.717) is 13.0 Å². The molecule has 1 N–H and O–H groups in total. The van der Waals surface area contributed by atoms with Gasteiger partial charge in [-0.1, -0.05) is 53.4 Å². The summed E-state index contributed by atoms with van der Waals surface area (Å²) in [6.07, 6.45) is 0.130. The summed E-state index contributed by atoms with van der Waals surface area (Å²) in [7, 11) is -1.65. The summed E-state index contributed by atoms with van der Waals surface area (Å²) >= 11 is 0. The minimum Gasteiger partial charge on any atom is -0.416 e. The molecule has 0 aromatic rings. The van der Waals surface area contributed by atoms with Gasteiger partial charge in [-0.2, -0.15) is 0 Å². The average molecular weight is 270 g/mol. The van der Waals surface area contributed by atoms with Gasteiger partial charge in [0.15, 0.2) is 8.32 Å². The lowest BCUT2D eigenvalue weighted by atomic mass is 9.89. The molecule has 0 radical (unpaired) electrons. The van der Waals surface area contributed by atoms with Gasteiger partial charge in [0.1, 0.15) is 6.10 Å². The van der Waals surface area contributed by atoms with E-state index in [1.807, 2.05) is 20.8 Å². The van der Waals surface area contributed by atoms with E-state index in [-0.39, 0.29) is 10.5 Å². The average Bonchev–Trinajstić information content (AvgIpc) is 2.13. The SMILES string of the molecule is CC(C)(C)C(O)C#CCCO[Si](C)(C)C(C)(C)C. The lowest BCUT2D eigenvalue weighted by Crippen LogP contribution is -2.40. The Bertz CT molecular complexity index is 310. The molecule has 0 aliphatic rings. The Labute approximate surface area is 114 Å². The van der Waals surface area contributed by atoms with Gasteiger partial charge >= 0.3 is 0 Å². The molecule has 0 fully saturated rings. The van der Waals surface area contributed by atoms with Crippen LogP contribution in [0, 0.1) is 17.3 Å². The van der Waals surface area contributed by atoms with Crippen molar-refractivity contribution in [3.05, 3.63) is 0 Å². The van der Waals surface area contributed by atoms with Crippen LogP contribution in [0.3, 0.4) is 0 Å². The van der Waals surface area contributed by atoms with E-state index in [9.17, 15) is 5.11 Å². The van der Waals surface area contributed by atoms with Crippen LogP contribution in [-0.4, -0.2) is 26.1 Å². The van der Waals surface area contributed by atoms with Gasteiger partial charge in [0.25, 0.3) is 0 Å². The van der Waals surface area contributed by atoms with Crippen molar-refractivity contribution in [2.75, 3.05) is 6.61 Å². The first kappa shape index (κ1) is 17.7. The Hall–Kier alpha value is -0.303. The molecule has 0 saturated heterocycles. The number of aliphatic hydroxyl groups is 1. The molecule has 1 unspecified atom stereocenters. The lowest BCUT2D eigenvalue weighted by Gasteiger charge is -2.35. The molecule has 3 heteroatoms. The first-order chi connectivity index (χ1) is 7.88. The van der Waals surface area contributed by atoms with Gasteiger partial charge in [0.05, 0.1) is 0 Å². The van der Waals surface area contributed by atoms with Gasteiger partial charge in [-0.15, -0.1) is 0 Å². The summed E-state index contributed by atoms with van der Waals surface area (Å²) in [5.41, 5.74) is -0.173. The van der Waals surface area contributed by atoms with E-state index in [0.717, 1.165) is 0 Å². The van der Waals surface area contributed by atoms with Crippen molar-refractivity contribution in [3.8, 4) is 11.8 Å². The van der Waals surface area contributed by atoms with Crippen LogP contribution >= 0.6 is 0 Å². The third-order valence-corrected chi connectivity index (χ3v) is 8.09. The highest BCUT2D eigenvalue weighted by atomic mass is 28.4. The third-order valence-electron chi connectivity index (χ3n) is 3.56. The number of rotatable bonds is 3. The van der Waals surface area contributed by atoms with E-state index in [2.05, 4.69) is 45.7 Å². The topological polar surface area (TPSA) is 29.5 Å². The van der Waals surface area contributed by atoms with Crippen molar-refractivity contribution in [2.24, 2.45) is 5.41 Å². The minimum absolute atomic E-state index is 0.173. The standard InChI is InChI=1S/C15H30O2Si/c1-14(2,3)13(16)11-9-10-12-17-18(7,8)15(4,5)6/h13,16H,10,12H2,1-8H3. The molecule has 2 nitrogen and oxygen atoms in total. The van der Waals surface area contributed by atoms with Crippen molar-refractivity contribution >= 4 is 8.32 Å². The molecule has 0 bridgehead atoms. The molecule has 0 amide bonds. The highest BCUT2D eigenvalue weighted by Crippen LogP contribution is 2.36. The monoisotopic (exact) mass is 270 g/mol. The van der Waals surface area contributed by atoms with Gasteiger partial charge in [-0.3, -0.25) is 0 Å². The van der Waals surface area contributed by atoms with Crippen LogP contribution in [0.5, 0.6) is 0 Å². The van der Waals surface area contributed by atoms with Gasteiger partial charge in [-0.25, -0.2) is 0 Å². The van der Waals surface area contributed by atoms with Crippen LogP contribution in [0.25, 0.3) is 0 Å². The molecule has 0 rings (SSSR count). The molecule has 0 aromatic carbocycles. The second-order valence-corrected chi connectivity index (χ2v) is 12.3. The molecule has 0 aromatic heterocycles. The third kappa shape index (κ3) is 6.04. The lowest BCUT2D eigenvalue weighted by molar-refractivity contribution is 0.114. The molecule has 0 heterocycles. The normalized spacial score (nSPS) is 14.9. The summed E-state index contributed by atoms with van der Waals surface area (Å²) in [4.78, 5) is 0. The maximum absolute atomic E-state index is 9.77. The fraction of sp³-hybridized carbons (Fsp3) is 0.867. The van der Waals surface area contributed by atoms with Crippen LogP contribution in [-0.2, 0) is 4.43 Å². The molecule has 18 heavy (non-hydrogen) atoms. The minimum atomic E-state index is -1.65. The van der Waals surface area contributed by atoms with Crippen molar-refractivity contribution in [1.29, 1.82) is 0 Å². The first-order valence-electron chi connectivity index (χ1n) is 6.68. The molecule has 0 spiro atoms. The smallest absolute Gasteiger partial charge is 0.192 e. The Morgan fingerprint density at radius 2 is 1.61 bits per heavy atom. The van der Waals surface area contributed by atoms with Gasteiger partial charge < -0.3 is 9.53 Å². The van der Waals surface area contributed by atoms with Crippen LogP contribution < -0.4 is 0 Å². The first-order valence-corrected chi connectivity index (χ1v) is 9.59. The van der Waals surface area contributed by atoms with E-state index in [1.165, 1.54) is 0 Å². The van der Waals surface area contributed by atoms with E-state index >= 15 is 0 Å². The highest BCUT2D eigenvalue weighted by molar-refractivity contribution is 6.74. The maximum atomic E-state index is 9.77. The second-order valence-electron chi connectivity index (χ2n) is 7.45.